The number of nitrogens with two attached hydrogens (primary N) is 1. The SMILES string of the molecule is COC(=O)c1cc(N)cn1Cc1cccc(F)c1Br. The third-order valence-electron chi connectivity index (χ3n) is 2.68. The summed E-state index contributed by atoms with van der Waals surface area (Å²) in [5, 5.41) is 0. The molecule has 0 atom stereocenters. The van der Waals surface area contributed by atoms with E-state index in [0.29, 0.717) is 28.0 Å². The summed E-state index contributed by atoms with van der Waals surface area (Å²) in [5.41, 5.74) is 7.17. The molecule has 19 heavy (non-hydrogen) atoms. The van der Waals surface area contributed by atoms with Crippen LogP contribution in [0, 0.1) is 5.82 Å². The van der Waals surface area contributed by atoms with E-state index in [9.17, 15) is 9.18 Å². The van der Waals surface area contributed by atoms with Crippen molar-refractivity contribution in [1.29, 1.82) is 0 Å². The Hall–Kier alpha value is -1.82. The van der Waals surface area contributed by atoms with E-state index in [-0.39, 0.29) is 5.82 Å². The first-order chi connectivity index (χ1) is 9.02. The minimum absolute atomic E-state index is 0.319. The van der Waals surface area contributed by atoms with Gasteiger partial charge in [0.15, 0.2) is 0 Å². The molecular formula is C13H12BrFN2O2. The summed E-state index contributed by atoms with van der Waals surface area (Å²) < 4.78 is 20.1. The topological polar surface area (TPSA) is 57.2 Å². The van der Waals surface area contributed by atoms with Crippen molar-refractivity contribution < 1.29 is 13.9 Å². The highest BCUT2D eigenvalue weighted by Crippen LogP contribution is 2.23. The molecule has 4 nitrogen and oxygen atoms in total. The Morgan fingerprint density at radius 1 is 1.53 bits per heavy atom. The lowest BCUT2D eigenvalue weighted by atomic mass is 10.2. The average molecular weight is 327 g/mol. The van der Waals surface area contributed by atoms with E-state index in [1.54, 1.807) is 22.9 Å². The second-order valence-electron chi connectivity index (χ2n) is 3.99. The first-order valence-corrected chi connectivity index (χ1v) is 6.29. The van der Waals surface area contributed by atoms with Crippen LogP contribution in [0.3, 0.4) is 0 Å². The van der Waals surface area contributed by atoms with Gasteiger partial charge in [-0.05, 0) is 33.6 Å². The molecule has 0 aliphatic heterocycles. The molecule has 0 bridgehead atoms. The normalized spacial score (nSPS) is 10.5. The highest BCUT2D eigenvalue weighted by atomic mass is 79.9. The number of carbonyl (C=O) groups is 1. The number of methoxy groups -OCH3 is 1. The Morgan fingerprint density at radius 3 is 2.95 bits per heavy atom. The van der Waals surface area contributed by atoms with Crippen LogP contribution in [0.25, 0.3) is 0 Å². The van der Waals surface area contributed by atoms with Gasteiger partial charge in [-0.3, -0.25) is 0 Å². The maximum Gasteiger partial charge on any atom is 0.354 e. The van der Waals surface area contributed by atoms with Crippen molar-refractivity contribution in [2.75, 3.05) is 12.8 Å². The van der Waals surface area contributed by atoms with Gasteiger partial charge in [-0.2, -0.15) is 0 Å². The number of benzene rings is 1. The standard InChI is InChI=1S/C13H12BrFN2O2/c1-19-13(18)11-5-9(16)7-17(11)6-8-3-2-4-10(15)12(8)14/h2-5,7H,6,16H2,1H3. The van der Waals surface area contributed by atoms with Crippen molar-refractivity contribution in [2.45, 2.75) is 6.54 Å². The van der Waals surface area contributed by atoms with Crippen LogP contribution in [-0.4, -0.2) is 17.6 Å². The molecule has 0 unspecified atom stereocenters. The largest absolute Gasteiger partial charge is 0.464 e. The van der Waals surface area contributed by atoms with E-state index in [2.05, 4.69) is 20.7 Å². The first-order valence-electron chi connectivity index (χ1n) is 5.49. The van der Waals surface area contributed by atoms with Crippen molar-refractivity contribution >= 4 is 27.6 Å². The number of halogens is 2. The predicted molar refractivity (Wildman–Crippen MR) is 73.4 cm³/mol. The van der Waals surface area contributed by atoms with Crippen LogP contribution < -0.4 is 5.73 Å². The third-order valence-corrected chi connectivity index (χ3v) is 3.57. The van der Waals surface area contributed by atoms with E-state index < -0.39 is 5.97 Å². The lowest BCUT2D eigenvalue weighted by Crippen LogP contribution is -2.11. The number of ether oxygens (including phenoxy) is 1. The van der Waals surface area contributed by atoms with Crippen LogP contribution in [0.5, 0.6) is 0 Å². The molecule has 0 spiro atoms. The number of nitrogens with zero attached hydrogens (tertiary/aromatic N) is 1. The zero-order valence-corrected chi connectivity index (χ0v) is 11.8. The first kappa shape index (κ1) is 13.6. The summed E-state index contributed by atoms with van der Waals surface area (Å²) >= 11 is 3.19. The number of carbonyl (C=O) groups excluding carboxylic acids is 1. The molecule has 0 radical (unpaired) electrons. The van der Waals surface area contributed by atoms with Gasteiger partial charge < -0.3 is 15.0 Å². The minimum atomic E-state index is -0.482. The highest BCUT2D eigenvalue weighted by molar-refractivity contribution is 9.10. The van der Waals surface area contributed by atoms with Crippen molar-refractivity contribution in [1.82, 2.24) is 4.57 Å². The predicted octanol–water partition coefficient (Wildman–Crippen LogP) is 2.81. The van der Waals surface area contributed by atoms with Gasteiger partial charge in [0, 0.05) is 12.7 Å². The van der Waals surface area contributed by atoms with Gasteiger partial charge in [0.2, 0.25) is 0 Å². The molecule has 0 fully saturated rings. The number of hydrogen-bond acceptors (Lipinski definition) is 3. The second-order valence-corrected chi connectivity index (χ2v) is 4.78. The lowest BCUT2D eigenvalue weighted by molar-refractivity contribution is 0.0589. The maximum absolute atomic E-state index is 13.4. The fraction of sp³-hybridized carbons (Fsp3) is 0.154. The second kappa shape index (κ2) is 5.44. The molecule has 1 aromatic carbocycles. The summed E-state index contributed by atoms with van der Waals surface area (Å²) in [4.78, 5) is 11.6. The van der Waals surface area contributed by atoms with Crippen molar-refractivity contribution in [2.24, 2.45) is 0 Å². The summed E-state index contributed by atoms with van der Waals surface area (Å²) in [7, 11) is 1.30. The Balaban J connectivity index is 2.38. The summed E-state index contributed by atoms with van der Waals surface area (Å²) in [6.07, 6.45) is 1.61. The van der Waals surface area contributed by atoms with E-state index in [1.807, 2.05) is 0 Å². The Morgan fingerprint density at radius 2 is 2.26 bits per heavy atom. The van der Waals surface area contributed by atoms with Crippen LogP contribution in [0.2, 0.25) is 0 Å². The molecule has 0 aliphatic rings. The van der Waals surface area contributed by atoms with Crippen molar-refractivity contribution in [3.05, 3.63) is 52.0 Å². The number of rotatable bonds is 3. The summed E-state index contributed by atoms with van der Waals surface area (Å²) in [6, 6.07) is 6.27. The molecule has 2 N–H and O–H groups in total. The van der Waals surface area contributed by atoms with Crippen LogP contribution in [0.15, 0.2) is 34.9 Å². The zero-order valence-electron chi connectivity index (χ0n) is 10.2. The minimum Gasteiger partial charge on any atom is -0.464 e. The Kier molecular flexibility index (Phi) is 3.90. The molecule has 6 heteroatoms. The molecule has 0 amide bonds. The van der Waals surface area contributed by atoms with Gasteiger partial charge in [-0.1, -0.05) is 12.1 Å². The van der Waals surface area contributed by atoms with Crippen LogP contribution in [0.1, 0.15) is 16.1 Å². The van der Waals surface area contributed by atoms with Crippen molar-refractivity contribution in [3.8, 4) is 0 Å². The van der Waals surface area contributed by atoms with Crippen LogP contribution in [-0.2, 0) is 11.3 Å². The van der Waals surface area contributed by atoms with Crippen molar-refractivity contribution in [3.63, 3.8) is 0 Å². The molecular weight excluding hydrogens is 315 g/mol. The van der Waals surface area contributed by atoms with Crippen LogP contribution >= 0.6 is 15.9 Å². The lowest BCUT2D eigenvalue weighted by Gasteiger charge is -2.09. The van der Waals surface area contributed by atoms with Gasteiger partial charge >= 0.3 is 5.97 Å². The third kappa shape index (κ3) is 2.78. The van der Waals surface area contributed by atoms with E-state index in [1.165, 1.54) is 19.2 Å². The van der Waals surface area contributed by atoms with Gasteiger partial charge in [0.25, 0.3) is 0 Å². The maximum atomic E-state index is 13.4. The van der Waals surface area contributed by atoms with E-state index >= 15 is 0 Å². The van der Waals surface area contributed by atoms with Gasteiger partial charge in [0.1, 0.15) is 11.5 Å². The zero-order chi connectivity index (χ0) is 14.0. The fourth-order valence-corrected chi connectivity index (χ4v) is 2.18. The number of anilines is 1. The molecule has 2 rings (SSSR count). The summed E-state index contributed by atoms with van der Waals surface area (Å²) in [6.45, 7) is 0.319. The monoisotopic (exact) mass is 326 g/mol. The fourth-order valence-electron chi connectivity index (χ4n) is 1.79. The number of hydrogen-bond donors (Lipinski definition) is 1. The molecule has 0 saturated carbocycles. The van der Waals surface area contributed by atoms with E-state index in [0.717, 1.165) is 0 Å². The van der Waals surface area contributed by atoms with Gasteiger partial charge in [-0.25, -0.2) is 9.18 Å². The molecule has 2 aromatic rings. The van der Waals surface area contributed by atoms with E-state index in [4.69, 9.17) is 5.73 Å². The average Bonchev–Trinajstić information content (AvgIpc) is 2.75. The molecule has 1 heterocycles. The molecule has 0 saturated heterocycles. The number of esters is 1. The highest BCUT2D eigenvalue weighted by Gasteiger charge is 2.15. The smallest absolute Gasteiger partial charge is 0.354 e. The van der Waals surface area contributed by atoms with Crippen LogP contribution in [0.4, 0.5) is 10.1 Å². The molecule has 0 aliphatic carbocycles. The van der Waals surface area contributed by atoms with Gasteiger partial charge in [-0.15, -0.1) is 0 Å². The molecule has 1 aromatic heterocycles. The molecule has 100 valence electrons. The Bertz CT molecular complexity index is 625. The van der Waals surface area contributed by atoms with Gasteiger partial charge in [0.05, 0.1) is 17.3 Å². The quantitative estimate of drug-likeness (QED) is 0.882. The Labute approximate surface area is 118 Å². The number of nitrogen functional groups attached to an aromatic ring is 1. The summed E-state index contributed by atoms with van der Waals surface area (Å²) in [5.74, 6) is -0.832. The number of aromatic nitrogens is 1.